The summed E-state index contributed by atoms with van der Waals surface area (Å²) in [6, 6.07) is 10.8. The van der Waals surface area contributed by atoms with Crippen LogP contribution in [0.1, 0.15) is 20.3 Å². The van der Waals surface area contributed by atoms with Crippen molar-refractivity contribution in [1.82, 2.24) is 14.9 Å². The Hall–Kier alpha value is -2.34. The van der Waals surface area contributed by atoms with Crippen LogP contribution in [0.25, 0.3) is 0 Å². The normalized spacial score (nSPS) is 16.5. The summed E-state index contributed by atoms with van der Waals surface area (Å²) in [6.45, 7) is 8.67. The van der Waals surface area contributed by atoms with E-state index in [1.807, 2.05) is 6.07 Å². The lowest BCUT2D eigenvalue weighted by Gasteiger charge is -2.34. The van der Waals surface area contributed by atoms with Gasteiger partial charge in [-0.2, -0.15) is 4.98 Å². The minimum Gasteiger partial charge on any atom is -0.369 e. The predicted molar refractivity (Wildman–Crippen MR) is 105 cm³/mol. The molecule has 1 aliphatic heterocycles. The van der Waals surface area contributed by atoms with Gasteiger partial charge in [0.05, 0.1) is 0 Å². The third-order valence-electron chi connectivity index (χ3n) is 4.65. The molecule has 1 aliphatic rings. The highest BCUT2D eigenvalue weighted by atomic mass is 15.2. The monoisotopic (exact) mass is 340 g/mol. The zero-order chi connectivity index (χ0) is 17.6. The van der Waals surface area contributed by atoms with E-state index >= 15 is 0 Å². The van der Waals surface area contributed by atoms with E-state index in [-0.39, 0.29) is 0 Å². The number of anilines is 4. The summed E-state index contributed by atoms with van der Waals surface area (Å²) >= 11 is 0. The van der Waals surface area contributed by atoms with Gasteiger partial charge in [0.1, 0.15) is 5.82 Å². The summed E-state index contributed by atoms with van der Waals surface area (Å²) in [5, 5.41) is 6.66. The lowest BCUT2D eigenvalue weighted by atomic mass is 10.2. The lowest BCUT2D eigenvalue weighted by Crippen LogP contribution is -2.44. The van der Waals surface area contributed by atoms with Crippen molar-refractivity contribution in [2.24, 2.45) is 0 Å². The summed E-state index contributed by atoms with van der Waals surface area (Å²) < 4.78 is 0. The van der Waals surface area contributed by atoms with Gasteiger partial charge in [-0.15, -0.1) is 0 Å². The third-order valence-corrected chi connectivity index (χ3v) is 4.65. The fraction of sp³-hybridized carbons (Fsp3) is 0.474. The van der Waals surface area contributed by atoms with E-state index in [0.29, 0.717) is 12.0 Å². The Balaban J connectivity index is 1.62. The smallest absolute Gasteiger partial charge is 0.224 e. The Morgan fingerprint density at radius 1 is 1.08 bits per heavy atom. The van der Waals surface area contributed by atoms with Crippen LogP contribution < -0.4 is 15.5 Å². The summed E-state index contributed by atoms with van der Waals surface area (Å²) in [7, 11) is 2.18. The number of hydrogen-bond acceptors (Lipinski definition) is 6. The molecular formula is C19H28N6. The maximum atomic E-state index is 4.53. The molecule has 0 bridgehead atoms. The van der Waals surface area contributed by atoms with Crippen LogP contribution in [0.2, 0.25) is 0 Å². The minimum absolute atomic E-state index is 0.359. The van der Waals surface area contributed by atoms with Crippen molar-refractivity contribution in [3.8, 4) is 0 Å². The fourth-order valence-electron chi connectivity index (χ4n) is 2.79. The molecule has 6 nitrogen and oxygen atoms in total. The third kappa shape index (κ3) is 4.82. The molecule has 0 radical (unpaired) electrons. The van der Waals surface area contributed by atoms with Gasteiger partial charge in [0, 0.05) is 49.8 Å². The van der Waals surface area contributed by atoms with Crippen LogP contribution in [0, 0.1) is 0 Å². The molecule has 0 amide bonds. The number of aromatic nitrogens is 2. The average molecular weight is 340 g/mol. The molecule has 1 fully saturated rings. The Morgan fingerprint density at radius 2 is 1.80 bits per heavy atom. The number of nitrogens with one attached hydrogen (secondary N) is 2. The van der Waals surface area contributed by atoms with Crippen molar-refractivity contribution in [2.75, 3.05) is 48.8 Å². The summed E-state index contributed by atoms with van der Waals surface area (Å²) in [5.41, 5.74) is 2.31. The number of benzene rings is 1. The molecule has 1 saturated heterocycles. The Labute approximate surface area is 150 Å². The van der Waals surface area contributed by atoms with Gasteiger partial charge in [-0.25, -0.2) is 4.98 Å². The molecule has 1 aromatic heterocycles. The highest BCUT2D eigenvalue weighted by Gasteiger charge is 2.14. The number of likely N-dealkylation sites (N-methyl/N-ethyl adjacent to an activating group) is 1. The molecule has 1 atom stereocenters. The quantitative estimate of drug-likeness (QED) is 0.842. The van der Waals surface area contributed by atoms with E-state index in [1.54, 1.807) is 6.20 Å². The van der Waals surface area contributed by atoms with Crippen LogP contribution in [0.4, 0.5) is 23.1 Å². The van der Waals surface area contributed by atoms with Crippen molar-refractivity contribution in [3.63, 3.8) is 0 Å². The predicted octanol–water partition coefficient (Wildman–Crippen LogP) is 3.18. The molecule has 6 heteroatoms. The second-order valence-electron chi connectivity index (χ2n) is 6.68. The second-order valence-corrected chi connectivity index (χ2v) is 6.68. The number of hydrogen-bond donors (Lipinski definition) is 2. The zero-order valence-corrected chi connectivity index (χ0v) is 15.4. The molecule has 0 aliphatic carbocycles. The van der Waals surface area contributed by atoms with Gasteiger partial charge in [0.15, 0.2) is 0 Å². The van der Waals surface area contributed by atoms with Gasteiger partial charge in [0.25, 0.3) is 0 Å². The van der Waals surface area contributed by atoms with E-state index in [1.165, 1.54) is 5.69 Å². The first-order chi connectivity index (χ1) is 12.1. The van der Waals surface area contributed by atoms with Crippen LogP contribution in [0.3, 0.4) is 0 Å². The molecular weight excluding hydrogens is 312 g/mol. The van der Waals surface area contributed by atoms with E-state index in [2.05, 4.69) is 75.6 Å². The van der Waals surface area contributed by atoms with E-state index < -0.39 is 0 Å². The van der Waals surface area contributed by atoms with Crippen molar-refractivity contribution in [2.45, 2.75) is 26.3 Å². The van der Waals surface area contributed by atoms with E-state index in [0.717, 1.165) is 44.1 Å². The van der Waals surface area contributed by atoms with Crippen molar-refractivity contribution < 1.29 is 0 Å². The molecule has 0 saturated carbocycles. The van der Waals surface area contributed by atoms with Crippen LogP contribution in [0.5, 0.6) is 0 Å². The largest absolute Gasteiger partial charge is 0.369 e. The lowest BCUT2D eigenvalue weighted by molar-refractivity contribution is 0.313. The maximum Gasteiger partial charge on any atom is 0.224 e. The van der Waals surface area contributed by atoms with Gasteiger partial charge < -0.3 is 20.4 Å². The SMILES string of the molecule is CCC(C)Nc1nccc(Nc2ccc(N3CCN(C)CC3)cc2)n1. The van der Waals surface area contributed by atoms with Gasteiger partial charge in [-0.3, -0.25) is 0 Å². The molecule has 134 valence electrons. The molecule has 2 aromatic rings. The number of nitrogens with zero attached hydrogens (tertiary/aromatic N) is 4. The molecule has 0 spiro atoms. The molecule has 1 aromatic carbocycles. The highest BCUT2D eigenvalue weighted by Crippen LogP contribution is 2.21. The van der Waals surface area contributed by atoms with Crippen LogP contribution in [-0.2, 0) is 0 Å². The highest BCUT2D eigenvalue weighted by molar-refractivity contribution is 5.61. The van der Waals surface area contributed by atoms with Gasteiger partial charge in [-0.05, 0) is 50.7 Å². The van der Waals surface area contributed by atoms with E-state index in [9.17, 15) is 0 Å². The van der Waals surface area contributed by atoms with E-state index in [4.69, 9.17) is 0 Å². The van der Waals surface area contributed by atoms with Crippen molar-refractivity contribution >= 4 is 23.1 Å². The number of piperazine rings is 1. The number of rotatable bonds is 6. The summed E-state index contributed by atoms with van der Waals surface area (Å²) in [6.07, 6.45) is 2.81. The van der Waals surface area contributed by atoms with Gasteiger partial charge >= 0.3 is 0 Å². The van der Waals surface area contributed by atoms with Crippen LogP contribution >= 0.6 is 0 Å². The van der Waals surface area contributed by atoms with Gasteiger partial charge in [0.2, 0.25) is 5.95 Å². The maximum absolute atomic E-state index is 4.53. The zero-order valence-electron chi connectivity index (χ0n) is 15.4. The average Bonchev–Trinajstić information content (AvgIpc) is 2.63. The summed E-state index contributed by atoms with van der Waals surface area (Å²) in [4.78, 5) is 13.6. The summed E-state index contributed by atoms with van der Waals surface area (Å²) in [5.74, 6) is 1.46. The topological polar surface area (TPSA) is 56.3 Å². The molecule has 25 heavy (non-hydrogen) atoms. The Morgan fingerprint density at radius 3 is 2.48 bits per heavy atom. The molecule has 3 rings (SSSR count). The fourth-order valence-corrected chi connectivity index (χ4v) is 2.79. The molecule has 2 N–H and O–H groups in total. The first kappa shape index (κ1) is 17.5. The second kappa shape index (κ2) is 8.16. The van der Waals surface area contributed by atoms with Crippen LogP contribution in [-0.4, -0.2) is 54.1 Å². The van der Waals surface area contributed by atoms with Crippen LogP contribution in [0.15, 0.2) is 36.5 Å². The molecule has 2 heterocycles. The standard InChI is InChI=1S/C19H28N6/c1-4-15(2)21-19-20-10-9-18(23-19)22-16-5-7-17(8-6-16)25-13-11-24(3)12-14-25/h5-10,15H,4,11-14H2,1-3H3,(H2,20,21,22,23). The Kier molecular flexibility index (Phi) is 5.71. The molecule has 1 unspecified atom stereocenters. The Bertz CT molecular complexity index is 664. The first-order valence-electron chi connectivity index (χ1n) is 9.04. The minimum atomic E-state index is 0.359. The van der Waals surface area contributed by atoms with Crippen molar-refractivity contribution in [1.29, 1.82) is 0 Å². The van der Waals surface area contributed by atoms with Crippen molar-refractivity contribution in [3.05, 3.63) is 36.5 Å². The van der Waals surface area contributed by atoms with Gasteiger partial charge in [-0.1, -0.05) is 6.92 Å². The first-order valence-corrected chi connectivity index (χ1v) is 9.04.